The Morgan fingerprint density at radius 1 is 1.06 bits per heavy atom. The number of rotatable bonds is 6. The second kappa shape index (κ2) is 12.9. The number of aromatic nitrogens is 3. The smallest absolute Gasteiger partial charge is 0.405 e. The summed E-state index contributed by atoms with van der Waals surface area (Å²) in [5.41, 5.74) is -1.12. The quantitative estimate of drug-likeness (QED) is 0.217. The summed E-state index contributed by atoms with van der Waals surface area (Å²) in [6.07, 6.45) is 8.77. The molecule has 0 spiro atoms. The molecule has 3 aromatic rings. The van der Waals surface area contributed by atoms with Crippen molar-refractivity contribution in [2.24, 2.45) is 5.92 Å². The molecule has 4 aliphatic rings. The largest absolute Gasteiger partial charge is 0.472 e. The van der Waals surface area contributed by atoms with Crippen LogP contribution in [0.15, 0.2) is 48.9 Å². The van der Waals surface area contributed by atoms with Gasteiger partial charge in [0.15, 0.2) is 5.65 Å². The normalized spacial score (nSPS) is 27.7. The van der Waals surface area contributed by atoms with Crippen LogP contribution in [0, 0.1) is 5.92 Å². The molecule has 1 saturated heterocycles. The topological polar surface area (TPSA) is 210 Å². The molecule has 0 unspecified atom stereocenters. The summed E-state index contributed by atoms with van der Waals surface area (Å²) in [7, 11) is -3.89. The van der Waals surface area contributed by atoms with Gasteiger partial charge in [0.25, 0.3) is 5.91 Å². The molecule has 7 rings (SSSR count). The highest BCUT2D eigenvalue weighted by molar-refractivity contribution is 7.91. The Bertz CT molecular complexity index is 1970. The Kier molecular flexibility index (Phi) is 8.58. The van der Waals surface area contributed by atoms with Crippen LogP contribution < -0.4 is 20.1 Å². The number of fused-ring (bicyclic) bond motifs is 5. The van der Waals surface area contributed by atoms with Gasteiger partial charge in [-0.05, 0) is 50.0 Å². The zero-order valence-electron chi connectivity index (χ0n) is 26.6. The minimum absolute atomic E-state index is 0.00770. The van der Waals surface area contributed by atoms with Gasteiger partial charge in [0.1, 0.15) is 30.1 Å². The first-order valence-electron chi connectivity index (χ1n) is 16.6. The standard InChI is InChI=1S/C33H37N7O8S/c41-28-26-14-20(48-29-23-10-7-6-9-22(23)24-16-34-18-35-27(24)37-29)17-40(26)30(42)25(36-32(44)45)11-5-3-1-2-4-8-19-15-33(19,38-28)31(43)39-49(46,47)21-12-13-21/h4,6-10,16,18-21,25-26,36H,1-3,5,11-15,17H2,(H,38,41)(H,39,43)(H,44,45)/t19-,20-,25+,26+,33-/m1/s1. The lowest BCUT2D eigenvalue weighted by Crippen LogP contribution is -2.58. The van der Waals surface area contributed by atoms with Crippen LogP contribution in [0.2, 0.25) is 0 Å². The molecule has 4 amide bonds. The number of ether oxygens (including phenoxy) is 1. The fourth-order valence-electron chi connectivity index (χ4n) is 6.91. The molecular formula is C33H37N7O8S. The SMILES string of the molecule is O=C(O)N[C@H]1CCCCCC=C[C@@H]2C[C@@]2(C(=O)NS(=O)(=O)C2CC2)NC(=O)[C@@H]2C[C@@H](Oc3nc4ncncc4c4ccccc34)CN2C1=O. The lowest BCUT2D eigenvalue weighted by molar-refractivity contribution is -0.141. The van der Waals surface area contributed by atoms with E-state index in [0.717, 1.165) is 23.6 Å². The summed E-state index contributed by atoms with van der Waals surface area (Å²) in [5.74, 6) is -2.26. The molecule has 15 nitrogen and oxygen atoms in total. The average molecular weight is 692 g/mol. The molecule has 4 heterocycles. The van der Waals surface area contributed by atoms with Crippen molar-refractivity contribution in [1.82, 2.24) is 35.2 Å². The van der Waals surface area contributed by atoms with Crippen LogP contribution in [0.1, 0.15) is 57.8 Å². The Labute approximate surface area is 281 Å². The van der Waals surface area contributed by atoms with Crippen LogP contribution in [0.4, 0.5) is 4.79 Å². The van der Waals surface area contributed by atoms with Crippen molar-refractivity contribution in [2.45, 2.75) is 86.8 Å². The summed E-state index contributed by atoms with van der Waals surface area (Å²) in [6, 6.07) is 5.16. The Hall–Kier alpha value is -4.86. The van der Waals surface area contributed by atoms with E-state index in [0.29, 0.717) is 36.7 Å². The summed E-state index contributed by atoms with van der Waals surface area (Å²) < 4.78 is 34.1. The predicted molar refractivity (Wildman–Crippen MR) is 176 cm³/mol. The van der Waals surface area contributed by atoms with Crippen LogP contribution in [0.3, 0.4) is 0 Å². The fraction of sp³-hybridized carbons (Fsp3) is 0.485. The number of hydrogen-bond donors (Lipinski definition) is 4. The van der Waals surface area contributed by atoms with E-state index >= 15 is 0 Å². The molecule has 2 aromatic heterocycles. The number of allylic oxidation sites excluding steroid dienone is 1. The van der Waals surface area contributed by atoms with E-state index in [2.05, 4.69) is 30.3 Å². The Balaban J connectivity index is 1.21. The van der Waals surface area contributed by atoms with Crippen LogP contribution in [-0.2, 0) is 24.4 Å². The summed E-state index contributed by atoms with van der Waals surface area (Å²) in [5, 5.41) is 16.3. The molecule has 1 aromatic carbocycles. The molecule has 258 valence electrons. The van der Waals surface area contributed by atoms with Gasteiger partial charge in [-0.2, -0.15) is 4.98 Å². The van der Waals surface area contributed by atoms with Gasteiger partial charge in [0.2, 0.25) is 27.7 Å². The zero-order valence-corrected chi connectivity index (χ0v) is 27.4. The second-order valence-electron chi connectivity index (χ2n) is 13.2. The highest BCUT2D eigenvalue weighted by Crippen LogP contribution is 2.46. The third kappa shape index (κ3) is 6.60. The van der Waals surface area contributed by atoms with Gasteiger partial charge >= 0.3 is 6.09 Å². The summed E-state index contributed by atoms with van der Waals surface area (Å²) in [6.45, 7) is -0.0644. The molecule has 3 fully saturated rings. The van der Waals surface area contributed by atoms with Gasteiger partial charge in [-0.15, -0.1) is 0 Å². The van der Waals surface area contributed by atoms with Crippen LogP contribution in [0.25, 0.3) is 21.8 Å². The minimum Gasteiger partial charge on any atom is -0.472 e. The lowest BCUT2D eigenvalue weighted by atomic mass is 10.1. The number of hydrogen-bond acceptors (Lipinski definition) is 10. The number of carbonyl (C=O) groups is 4. The first-order chi connectivity index (χ1) is 23.6. The van der Waals surface area contributed by atoms with E-state index < -0.39 is 68.7 Å². The van der Waals surface area contributed by atoms with E-state index in [1.165, 1.54) is 11.2 Å². The van der Waals surface area contributed by atoms with Gasteiger partial charge in [-0.1, -0.05) is 43.2 Å². The highest BCUT2D eigenvalue weighted by atomic mass is 32.2. The number of sulfonamides is 1. The molecule has 16 heteroatoms. The Morgan fingerprint density at radius 2 is 1.86 bits per heavy atom. The molecule has 0 bridgehead atoms. The lowest BCUT2D eigenvalue weighted by Gasteiger charge is -2.29. The third-order valence-corrected chi connectivity index (χ3v) is 11.6. The molecule has 0 radical (unpaired) electrons. The van der Waals surface area contributed by atoms with E-state index in [-0.39, 0.29) is 31.7 Å². The number of benzene rings is 1. The number of amides is 4. The van der Waals surface area contributed by atoms with Gasteiger partial charge in [0.05, 0.1) is 11.8 Å². The van der Waals surface area contributed by atoms with Crippen LogP contribution >= 0.6 is 0 Å². The van der Waals surface area contributed by atoms with Gasteiger partial charge < -0.3 is 25.4 Å². The highest BCUT2D eigenvalue weighted by Gasteiger charge is 2.62. The molecule has 5 atom stereocenters. The van der Waals surface area contributed by atoms with E-state index in [9.17, 15) is 32.7 Å². The maximum atomic E-state index is 14.2. The van der Waals surface area contributed by atoms with Crippen LogP contribution in [0.5, 0.6) is 5.88 Å². The zero-order chi connectivity index (χ0) is 34.3. The summed E-state index contributed by atoms with van der Waals surface area (Å²) >= 11 is 0. The Morgan fingerprint density at radius 3 is 2.63 bits per heavy atom. The van der Waals surface area contributed by atoms with Gasteiger partial charge in [0, 0.05) is 29.3 Å². The number of nitrogens with one attached hydrogen (secondary N) is 3. The first-order valence-corrected chi connectivity index (χ1v) is 18.1. The summed E-state index contributed by atoms with van der Waals surface area (Å²) in [4.78, 5) is 67.9. The van der Waals surface area contributed by atoms with E-state index in [1.807, 2.05) is 36.4 Å². The molecule has 2 saturated carbocycles. The molecule has 49 heavy (non-hydrogen) atoms. The molecule has 2 aliphatic heterocycles. The first kappa shape index (κ1) is 32.7. The monoisotopic (exact) mass is 691 g/mol. The minimum atomic E-state index is -3.89. The predicted octanol–water partition coefficient (Wildman–Crippen LogP) is 2.17. The van der Waals surface area contributed by atoms with Crippen molar-refractivity contribution < 1.29 is 37.4 Å². The molecule has 4 N–H and O–H groups in total. The average Bonchev–Trinajstić information content (AvgIpc) is 4.00. The molecule has 2 aliphatic carbocycles. The van der Waals surface area contributed by atoms with Crippen molar-refractivity contribution in [3.05, 3.63) is 48.9 Å². The second-order valence-corrected chi connectivity index (χ2v) is 15.2. The van der Waals surface area contributed by atoms with Crippen molar-refractivity contribution in [1.29, 1.82) is 0 Å². The third-order valence-electron chi connectivity index (χ3n) is 9.77. The molecular weight excluding hydrogens is 654 g/mol. The van der Waals surface area contributed by atoms with E-state index in [4.69, 9.17) is 4.74 Å². The fourth-order valence-corrected chi connectivity index (χ4v) is 8.27. The van der Waals surface area contributed by atoms with E-state index in [1.54, 1.807) is 6.20 Å². The van der Waals surface area contributed by atoms with Crippen molar-refractivity contribution in [3.8, 4) is 5.88 Å². The van der Waals surface area contributed by atoms with Crippen LogP contribution in [-0.4, -0.2) is 92.7 Å². The van der Waals surface area contributed by atoms with Crippen molar-refractivity contribution in [2.75, 3.05) is 6.54 Å². The number of carboxylic acid groups (broad SMARTS) is 1. The maximum Gasteiger partial charge on any atom is 0.405 e. The van der Waals surface area contributed by atoms with Crippen molar-refractivity contribution >= 4 is 55.6 Å². The maximum absolute atomic E-state index is 14.2. The number of pyridine rings is 1. The van der Waals surface area contributed by atoms with Crippen molar-refractivity contribution in [3.63, 3.8) is 0 Å². The van der Waals surface area contributed by atoms with Gasteiger partial charge in [-0.25, -0.2) is 23.2 Å². The van der Waals surface area contributed by atoms with Gasteiger partial charge in [-0.3, -0.25) is 19.1 Å². The number of nitrogens with zero attached hydrogens (tertiary/aromatic N) is 4. The number of carbonyl (C=O) groups excluding carboxylic acids is 3.